The van der Waals surface area contributed by atoms with E-state index in [1.54, 1.807) is 17.5 Å². The minimum absolute atomic E-state index is 0.00639. The Kier molecular flexibility index (Phi) is 5.94. The molecule has 1 amide bonds. The van der Waals surface area contributed by atoms with Crippen LogP contribution < -0.4 is 10.2 Å². The molecule has 0 bridgehead atoms. The molecule has 1 fully saturated rings. The smallest absolute Gasteiger partial charge is 0.224 e. The SMILES string of the molecule is O=C(CCc1csc(-c2ccccn2)n1)Nc1ccccc1N1CCOCC1. The van der Waals surface area contributed by atoms with Gasteiger partial charge in [0.1, 0.15) is 5.01 Å². The molecule has 0 saturated carbocycles. The normalized spacial score (nSPS) is 14.1. The first kappa shape index (κ1) is 18.6. The van der Waals surface area contributed by atoms with E-state index in [-0.39, 0.29) is 5.91 Å². The average molecular weight is 395 g/mol. The molecule has 0 atom stereocenters. The van der Waals surface area contributed by atoms with Crippen LogP contribution in [-0.4, -0.2) is 42.2 Å². The topological polar surface area (TPSA) is 67.4 Å². The van der Waals surface area contributed by atoms with Gasteiger partial charge in [0.15, 0.2) is 0 Å². The molecule has 1 aromatic carbocycles. The number of hydrogen-bond acceptors (Lipinski definition) is 6. The summed E-state index contributed by atoms with van der Waals surface area (Å²) in [5, 5.41) is 5.94. The fourth-order valence-corrected chi connectivity index (χ4v) is 3.97. The number of carbonyl (C=O) groups is 1. The number of amides is 1. The summed E-state index contributed by atoms with van der Waals surface area (Å²) in [4.78, 5) is 23.7. The fourth-order valence-electron chi connectivity index (χ4n) is 3.14. The van der Waals surface area contributed by atoms with Crippen molar-refractivity contribution in [1.82, 2.24) is 9.97 Å². The van der Waals surface area contributed by atoms with Crippen molar-refractivity contribution in [1.29, 1.82) is 0 Å². The van der Waals surface area contributed by atoms with Crippen molar-refractivity contribution >= 4 is 28.6 Å². The molecule has 28 heavy (non-hydrogen) atoms. The highest BCUT2D eigenvalue weighted by Crippen LogP contribution is 2.27. The molecule has 0 radical (unpaired) electrons. The Morgan fingerprint density at radius 2 is 1.96 bits per heavy atom. The fraction of sp³-hybridized carbons (Fsp3) is 0.286. The molecule has 0 aliphatic carbocycles. The van der Waals surface area contributed by atoms with Gasteiger partial charge < -0.3 is 15.0 Å². The first-order valence-corrected chi connectivity index (χ1v) is 10.2. The van der Waals surface area contributed by atoms with Gasteiger partial charge in [0.2, 0.25) is 5.91 Å². The molecule has 4 rings (SSSR count). The van der Waals surface area contributed by atoms with E-state index < -0.39 is 0 Å². The van der Waals surface area contributed by atoms with E-state index in [1.807, 2.05) is 47.8 Å². The van der Waals surface area contributed by atoms with Gasteiger partial charge in [0, 0.05) is 31.1 Å². The third-order valence-corrected chi connectivity index (χ3v) is 5.49. The second kappa shape index (κ2) is 8.95. The lowest BCUT2D eigenvalue weighted by molar-refractivity contribution is -0.116. The molecule has 2 aromatic heterocycles. The van der Waals surface area contributed by atoms with Crippen LogP contribution in [0.1, 0.15) is 12.1 Å². The highest BCUT2D eigenvalue weighted by molar-refractivity contribution is 7.13. The zero-order valence-electron chi connectivity index (χ0n) is 15.5. The quantitative estimate of drug-likeness (QED) is 0.692. The number of para-hydroxylation sites is 2. The molecule has 3 aromatic rings. The molecule has 0 unspecified atom stereocenters. The molecule has 6 nitrogen and oxygen atoms in total. The summed E-state index contributed by atoms with van der Waals surface area (Å²) >= 11 is 1.56. The lowest BCUT2D eigenvalue weighted by Gasteiger charge is -2.30. The van der Waals surface area contributed by atoms with Crippen LogP contribution >= 0.6 is 11.3 Å². The number of benzene rings is 1. The Hall–Kier alpha value is -2.77. The third kappa shape index (κ3) is 4.55. The van der Waals surface area contributed by atoms with E-state index in [0.717, 1.165) is 40.9 Å². The number of morpholine rings is 1. The van der Waals surface area contributed by atoms with Crippen LogP contribution in [0, 0.1) is 0 Å². The molecular weight excluding hydrogens is 372 g/mol. The maximum absolute atomic E-state index is 12.5. The van der Waals surface area contributed by atoms with Crippen molar-refractivity contribution in [2.45, 2.75) is 12.8 Å². The summed E-state index contributed by atoms with van der Waals surface area (Å²) in [6, 6.07) is 13.7. The highest BCUT2D eigenvalue weighted by atomic mass is 32.1. The van der Waals surface area contributed by atoms with Crippen LogP contribution in [0.2, 0.25) is 0 Å². The number of rotatable bonds is 6. The van der Waals surface area contributed by atoms with Crippen molar-refractivity contribution in [2.75, 3.05) is 36.5 Å². The number of aryl methyl sites for hydroxylation is 1. The standard InChI is InChI=1S/C21H22N4O2S/c26-20(9-8-16-15-28-21(23-16)18-6-3-4-10-22-18)24-17-5-1-2-7-19(17)25-11-13-27-14-12-25/h1-7,10,15H,8-9,11-14H2,(H,24,26). The minimum Gasteiger partial charge on any atom is -0.378 e. The first-order valence-electron chi connectivity index (χ1n) is 9.37. The average Bonchev–Trinajstić information content (AvgIpc) is 3.23. The molecule has 144 valence electrons. The van der Waals surface area contributed by atoms with Crippen LogP contribution in [0.3, 0.4) is 0 Å². The summed E-state index contributed by atoms with van der Waals surface area (Å²) in [5.74, 6) is -0.00639. The molecular formula is C21H22N4O2S. The minimum atomic E-state index is -0.00639. The van der Waals surface area contributed by atoms with Crippen molar-refractivity contribution in [2.24, 2.45) is 0 Å². The Morgan fingerprint density at radius 1 is 1.14 bits per heavy atom. The second-order valence-electron chi connectivity index (χ2n) is 6.52. The van der Waals surface area contributed by atoms with Crippen molar-refractivity contribution in [3.8, 4) is 10.7 Å². The first-order chi connectivity index (χ1) is 13.8. The predicted octanol–water partition coefficient (Wildman–Crippen LogP) is 3.61. The molecule has 1 N–H and O–H groups in total. The van der Waals surface area contributed by atoms with E-state index in [0.29, 0.717) is 26.1 Å². The Morgan fingerprint density at radius 3 is 2.79 bits per heavy atom. The van der Waals surface area contributed by atoms with Gasteiger partial charge in [0.25, 0.3) is 0 Å². The Balaban J connectivity index is 1.36. The van der Waals surface area contributed by atoms with Gasteiger partial charge >= 0.3 is 0 Å². The van der Waals surface area contributed by atoms with Gasteiger partial charge in [-0.05, 0) is 30.7 Å². The van der Waals surface area contributed by atoms with Gasteiger partial charge in [-0.25, -0.2) is 4.98 Å². The Labute approximate surface area is 168 Å². The molecule has 1 saturated heterocycles. The Bertz CT molecular complexity index is 923. The van der Waals surface area contributed by atoms with Crippen molar-refractivity contribution in [3.63, 3.8) is 0 Å². The van der Waals surface area contributed by atoms with Gasteiger partial charge in [0.05, 0.1) is 36.0 Å². The summed E-state index contributed by atoms with van der Waals surface area (Å²) < 4.78 is 5.42. The summed E-state index contributed by atoms with van der Waals surface area (Å²) in [7, 11) is 0. The maximum Gasteiger partial charge on any atom is 0.224 e. The second-order valence-corrected chi connectivity index (χ2v) is 7.38. The summed E-state index contributed by atoms with van der Waals surface area (Å²) in [5.41, 5.74) is 3.68. The summed E-state index contributed by atoms with van der Waals surface area (Å²) in [6.07, 6.45) is 2.76. The van der Waals surface area contributed by atoms with Crippen LogP contribution in [-0.2, 0) is 16.0 Å². The predicted molar refractivity (Wildman–Crippen MR) is 112 cm³/mol. The maximum atomic E-state index is 12.5. The number of anilines is 2. The molecule has 3 heterocycles. The number of nitrogens with zero attached hydrogens (tertiary/aromatic N) is 3. The molecule has 1 aliphatic heterocycles. The number of pyridine rings is 1. The lowest BCUT2D eigenvalue weighted by atomic mass is 10.2. The van der Waals surface area contributed by atoms with Gasteiger partial charge in [-0.2, -0.15) is 0 Å². The van der Waals surface area contributed by atoms with Crippen LogP contribution in [0.4, 0.5) is 11.4 Å². The zero-order valence-corrected chi connectivity index (χ0v) is 16.3. The summed E-state index contributed by atoms with van der Waals surface area (Å²) in [6.45, 7) is 3.10. The van der Waals surface area contributed by atoms with E-state index >= 15 is 0 Å². The highest BCUT2D eigenvalue weighted by Gasteiger charge is 2.16. The molecule has 0 spiro atoms. The number of thiazole rings is 1. The van der Waals surface area contributed by atoms with Gasteiger partial charge in [-0.15, -0.1) is 11.3 Å². The molecule has 1 aliphatic rings. The van der Waals surface area contributed by atoms with Gasteiger partial charge in [-0.1, -0.05) is 18.2 Å². The van der Waals surface area contributed by atoms with Crippen molar-refractivity contribution < 1.29 is 9.53 Å². The van der Waals surface area contributed by atoms with E-state index in [4.69, 9.17) is 4.74 Å². The largest absolute Gasteiger partial charge is 0.378 e. The number of hydrogen-bond donors (Lipinski definition) is 1. The zero-order chi connectivity index (χ0) is 19.2. The number of ether oxygens (including phenoxy) is 1. The van der Waals surface area contributed by atoms with Gasteiger partial charge in [-0.3, -0.25) is 9.78 Å². The van der Waals surface area contributed by atoms with Crippen LogP contribution in [0.25, 0.3) is 10.7 Å². The third-order valence-electron chi connectivity index (χ3n) is 4.57. The number of nitrogens with one attached hydrogen (secondary N) is 1. The van der Waals surface area contributed by atoms with E-state index in [9.17, 15) is 4.79 Å². The monoisotopic (exact) mass is 394 g/mol. The van der Waals surface area contributed by atoms with E-state index in [1.165, 1.54) is 0 Å². The number of aromatic nitrogens is 2. The van der Waals surface area contributed by atoms with E-state index in [2.05, 4.69) is 20.2 Å². The van der Waals surface area contributed by atoms with Crippen molar-refractivity contribution in [3.05, 3.63) is 59.7 Å². The lowest BCUT2D eigenvalue weighted by Crippen LogP contribution is -2.36. The van der Waals surface area contributed by atoms with Crippen LogP contribution in [0.15, 0.2) is 54.0 Å². The number of carbonyl (C=O) groups excluding carboxylic acids is 1. The van der Waals surface area contributed by atoms with Crippen LogP contribution in [0.5, 0.6) is 0 Å². The molecule has 7 heteroatoms.